The van der Waals surface area contributed by atoms with Gasteiger partial charge in [-0.1, -0.05) is 19.9 Å². The first-order chi connectivity index (χ1) is 9.39. The molecule has 0 unspecified atom stereocenters. The number of esters is 1. The zero-order valence-electron chi connectivity index (χ0n) is 12.7. The van der Waals surface area contributed by atoms with E-state index in [-0.39, 0.29) is 23.1 Å². The van der Waals surface area contributed by atoms with E-state index >= 15 is 0 Å². The van der Waals surface area contributed by atoms with Crippen LogP contribution in [0, 0.1) is 16.7 Å². The number of rotatable bonds is 3. The van der Waals surface area contributed by atoms with Gasteiger partial charge in [0, 0.05) is 5.92 Å². The number of carbonyl (C=O) groups is 2. The van der Waals surface area contributed by atoms with Crippen molar-refractivity contribution in [3.63, 3.8) is 0 Å². The van der Waals surface area contributed by atoms with Crippen molar-refractivity contribution in [2.75, 3.05) is 7.11 Å². The van der Waals surface area contributed by atoms with Crippen molar-refractivity contribution >= 4 is 11.8 Å². The first-order valence-corrected chi connectivity index (χ1v) is 7.33. The maximum absolute atomic E-state index is 12.6. The van der Waals surface area contributed by atoms with Gasteiger partial charge in [0.05, 0.1) is 12.5 Å². The molecule has 0 aromatic heterocycles. The van der Waals surface area contributed by atoms with Crippen LogP contribution in [0.15, 0.2) is 24.3 Å². The monoisotopic (exact) mass is 276 g/mol. The van der Waals surface area contributed by atoms with Gasteiger partial charge in [-0.05, 0) is 49.2 Å². The van der Waals surface area contributed by atoms with Crippen molar-refractivity contribution in [1.82, 2.24) is 0 Å². The molecule has 2 rings (SSSR count). The molecule has 0 heterocycles. The van der Waals surface area contributed by atoms with E-state index in [2.05, 4.69) is 20.4 Å². The Morgan fingerprint density at radius 1 is 1.55 bits per heavy atom. The lowest BCUT2D eigenvalue weighted by atomic mass is 9.50. The summed E-state index contributed by atoms with van der Waals surface area (Å²) >= 11 is 0. The van der Waals surface area contributed by atoms with Crippen LogP contribution < -0.4 is 0 Å². The molecule has 1 fully saturated rings. The van der Waals surface area contributed by atoms with Gasteiger partial charge >= 0.3 is 5.97 Å². The summed E-state index contributed by atoms with van der Waals surface area (Å²) in [7, 11) is 1.44. The van der Waals surface area contributed by atoms with Gasteiger partial charge < -0.3 is 4.74 Å². The van der Waals surface area contributed by atoms with Crippen molar-refractivity contribution in [3.8, 4) is 0 Å². The van der Waals surface area contributed by atoms with E-state index in [0.29, 0.717) is 12.8 Å². The van der Waals surface area contributed by atoms with Crippen LogP contribution in [0.25, 0.3) is 0 Å². The molecule has 0 spiro atoms. The number of ether oxygens (including phenoxy) is 1. The fourth-order valence-electron chi connectivity index (χ4n) is 4.01. The summed E-state index contributed by atoms with van der Waals surface area (Å²) in [6, 6.07) is 0. The Morgan fingerprint density at radius 3 is 2.85 bits per heavy atom. The Bertz CT molecular complexity index is 473. The van der Waals surface area contributed by atoms with Crippen LogP contribution in [0.1, 0.15) is 46.0 Å². The minimum Gasteiger partial charge on any atom is -0.468 e. The van der Waals surface area contributed by atoms with E-state index in [1.807, 2.05) is 0 Å². The average Bonchev–Trinajstić information content (AvgIpc) is 2.39. The molecule has 0 bridgehead atoms. The topological polar surface area (TPSA) is 43.4 Å². The third-order valence-corrected chi connectivity index (χ3v) is 5.21. The lowest BCUT2D eigenvalue weighted by Crippen LogP contribution is -2.52. The van der Waals surface area contributed by atoms with Gasteiger partial charge in [-0.15, -0.1) is 6.58 Å². The Hall–Kier alpha value is -1.38. The molecule has 110 valence electrons. The number of hydrogen-bond acceptors (Lipinski definition) is 3. The molecule has 3 nitrogen and oxygen atoms in total. The normalized spacial score (nSPS) is 32.0. The van der Waals surface area contributed by atoms with Crippen molar-refractivity contribution in [3.05, 3.63) is 24.3 Å². The smallest absolute Gasteiger partial charge is 0.316 e. The van der Waals surface area contributed by atoms with Crippen LogP contribution >= 0.6 is 0 Å². The Kier molecular flexibility index (Phi) is 3.90. The number of hydrogen-bond donors (Lipinski definition) is 0. The molecular formula is C17H24O3. The molecule has 0 saturated heterocycles. The van der Waals surface area contributed by atoms with Crippen LogP contribution in [0.4, 0.5) is 0 Å². The average molecular weight is 276 g/mol. The first kappa shape index (κ1) is 15.0. The summed E-state index contributed by atoms with van der Waals surface area (Å²) in [6.07, 6.45) is 7.50. The number of fused-ring (bicyclic) bond motifs is 1. The zero-order chi connectivity index (χ0) is 15.0. The highest BCUT2D eigenvalue weighted by Crippen LogP contribution is 2.59. The van der Waals surface area contributed by atoms with Gasteiger partial charge in [0.25, 0.3) is 0 Å². The molecule has 0 amide bonds. The Labute approximate surface area is 121 Å². The molecule has 1 saturated carbocycles. The van der Waals surface area contributed by atoms with Crippen LogP contribution in [-0.4, -0.2) is 18.9 Å². The standard InChI is InChI=1S/C17H24O3/c1-5-7-12-11-17(15(19)20-4)13(10-14(12)18)8-6-9-16(17,2)3/h5,10,12H,1,6-9,11H2,2-4H3/t12-,17-/m0/s1. The van der Waals surface area contributed by atoms with Crippen molar-refractivity contribution in [1.29, 1.82) is 0 Å². The highest BCUT2D eigenvalue weighted by Gasteiger charge is 2.58. The fraction of sp³-hybridized carbons (Fsp3) is 0.647. The molecule has 2 aliphatic carbocycles. The molecule has 2 atom stereocenters. The van der Waals surface area contributed by atoms with E-state index in [0.717, 1.165) is 24.8 Å². The van der Waals surface area contributed by atoms with Crippen LogP contribution in [0.3, 0.4) is 0 Å². The number of carbonyl (C=O) groups excluding carboxylic acids is 2. The SMILES string of the molecule is C=CC[C@H]1C[C@@]2(C(=O)OC)C(=CC1=O)CCCC2(C)C. The Balaban J connectivity index is 2.55. The lowest BCUT2D eigenvalue weighted by molar-refractivity contribution is -0.162. The summed E-state index contributed by atoms with van der Waals surface area (Å²) in [6.45, 7) is 7.97. The van der Waals surface area contributed by atoms with Crippen molar-refractivity contribution in [2.24, 2.45) is 16.7 Å². The minimum atomic E-state index is -0.637. The van der Waals surface area contributed by atoms with Crippen LogP contribution in [0.2, 0.25) is 0 Å². The van der Waals surface area contributed by atoms with E-state index in [4.69, 9.17) is 4.74 Å². The molecule has 0 N–H and O–H groups in total. The predicted molar refractivity (Wildman–Crippen MR) is 78.1 cm³/mol. The van der Waals surface area contributed by atoms with Gasteiger partial charge in [0.2, 0.25) is 0 Å². The van der Waals surface area contributed by atoms with Gasteiger partial charge in [0.1, 0.15) is 0 Å². The quantitative estimate of drug-likeness (QED) is 0.586. The van der Waals surface area contributed by atoms with Crippen LogP contribution in [0.5, 0.6) is 0 Å². The maximum Gasteiger partial charge on any atom is 0.316 e. The minimum absolute atomic E-state index is 0.136. The highest BCUT2D eigenvalue weighted by molar-refractivity contribution is 5.97. The number of allylic oxidation sites excluding steroid dienone is 2. The molecule has 0 aliphatic heterocycles. The van der Waals surface area contributed by atoms with Crippen molar-refractivity contribution < 1.29 is 14.3 Å². The predicted octanol–water partition coefficient (Wildman–Crippen LogP) is 3.45. The third kappa shape index (κ3) is 2.04. The Morgan fingerprint density at radius 2 is 2.25 bits per heavy atom. The maximum atomic E-state index is 12.6. The summed E-state index contributed by atoms with van der Waals surface area (Å²) in [5.74, 6) is -0.195. The summed E-state index contributed by atoms with van der Waals surface area (Å²) in [5, 5.41) is 0. The number of ketones is 1. The van der Waals surface area contributed by atoms with E-state index in [9.17, 15) is 9.59 Å². The first-order valence-electron chi connectivity index (χ1n) is 7.33. The molecule has 2 aliphatic rings. The second-order valence-corrected chi connectivity index (χ2v) is 6.63. The molecular weight excluding hydrogens is 252 g/mol. The van der Waals surface area contributed by atoms with Crippen molar-refractivity contribution in [2.45, 2.75) is 46.0 Å². The third-order valence-electron chi connectivity index (χ3n) is 5.21. The summed E-state index contributed by atoms with van der Waals surface area (Å²) in [5.41, 5.74) is 0.164. The van der Waals surface area contributed by atoms with Crippen LogP contribution in [-0.2, 0) is 14.3 Å². The van der Waals surface area contributed by atoms with E-state index in [1.165, 1.54) is 7.11 Å². The molecule has 0 aromatic rings. The second-order valence-electron chi connectivity index (χ2n) is 6.63. The molecule has 20 heavy (non-hydrogen) atoms. The molecule has 0 radical (unpaired) electrons. The highest BCUT2D eigenvalue weighted by atomic mass is 16.5. The largest absolute Gasteiger partial charge is 0.468 e. The number of methoxy groups -OCH3 is 1. The molecule has 0 aromatic carbocycles. The van der Waals surface area contributed by atoms with Gasteiger partial charge in [-0.2, -0.15) is 0 Å². The van der Waals surface area contributed by atoms with Gasteiger partial charge in [-0.3, -0.25) is 9.59 Å². The summed E-state index contributed by atoms with van der Waals surface area (Å²) in [4.78, 5) is 24.8. The summed E-state index contributed by atoms with van der Waals surface area (Å²) < 4.78 is 5.13. The lowest BCUT2D eigenvalue weighted by Gasteiger charge is -2.52. The van der Waals surface area contributed by atoms with Gasteiger partial charge in [-0.25, -0.2) is 0 Å². The van der Waals surface area contributed by atoms with Gasteiger partial charge in [0.15, 0.2) is 5.78 Å². The zero-order valence-corrected chi connectivity index (χ0v) is 12.7. The molecule has 3 heteroatoms. The second kappa shape index (κ2) is 5.19. The fourth-order valence-corrected chi connectivity index (χ4v) is 4.01. The van der Waals surface area contributed by atoms with E-state index < -0.39 is 5.41 Å². The van der Waals surface area contributed by atoms with E-state index in [1.54, 1.807) is 12.2 Å².